The molecule has 0 spiro atoms. The van der Waals surface area contributed by atoms with Crippen LogP contribution in [0.3, 0.4) is 0 Å². The first-order valence-corrected chi connectivity index (χ1v) is 8.50. The zero-order valence-electron chi connectivity index (χ0n) is 16.3. The van der Waals surface area contributed by atoms with Crippen LogP contribution >= 0.6 is 0 Å². The minimum atomic E-state index is -0.300. The first kappa shape index (κ1) is 20.2. The van der Waals surface area contributed by atoms with Crippen molar-refractivity contribution in [3.63, 3.8) is 0 Å². The Kier molecular flexibility index (Phi) is 7.16. The lowest BCUT2D eigenvalue weighted by atomic mass is 10.1. The summed E-state index contributed by atoms with van der Waals surface area (Å²) in [6.45, 7) is 2.39. The molecule has 2 aromatic rings. The van der Waals surface area contributed by atoms with E-state index in [9.17, 15) is 4.79 Å². The van der Waals surface area contributed by atoms with Crippen molar-refractivity contribution < 1.29 is 23.7 Å². The lowest BCUT2D eigenvalue weighted by molar-refractivity contribution is 0.252. The van der Waals surface area contributed by atoms with Crippen LogP contribution in [0.15, 0.2) is 30.3 Å². The molecule has 0 heterocycles. The molecule has 0 fully saturated rings. The molecule has 146 valence electrons. The second kappa shape index (κ2) is 9.56. The molecule has 2 rings (SSSR count). The number of aryl methyl sites for hydroxylation is 1. The van der Waals surface area contributed by atoms with Gasteiger partial charge < -0.3 is 29.6 Å². The van der Waals surface area contributed by atoms with Gasteiger partial charge >= 0.3 is 6.03 Å². The van der Waals surface area contributed by atoms with Gasteiger partial charge in [-0.1, -0.05) is 6.07 Å². The summed E-state index contributed by atoms with van der Waals surface area (Å²) in [6, 6.07) is 9.03. The van der Waals surface area contributed by atoms with Gasteiger partial charge in [0.1, 0.15) is 5.75 Å². The first-order valence-electron chi connectivity index (χ1n) is 8.50. The zero-order valence-corrected chi connectivity index (χ0v) is 16.3. The van der Waals surface area contributed by atoms with Gasteiger partial charge in [-0.15, -0.1) is 0 Å². The van der Waals surface area contributed by atoms with Gasteiger partial charge in [0.15, 0.2) is 11.5 Å². The van der Waals surface area contributed by atoms with Crippen molar-refractivity contribution in [2.24, 2.45) is 0 Å². The molecule has 0 aromatic heterocycles. The number of ether oxygens (including phenoxy) is 4. The van der Waals surface area contributed by atoms with E-state index in [1.54, 1.807) is 28.4 Å². The highest BCUT2D eigenvalue weighted by Crippen LogP contribution is 2.38. The Hall–Kier alpha value is -3.09. The minimum Gasteiger partial charge on any atom is -0.495 e. The summed E-state index contributed by atoms with van der Waals surface area (Å²) in [5.74, 6) is 2.32. The third kappa shape index (κ3) is 5.20. The van der Waals surface area contributed by atoms with Crippen LogP contribution in [0.2, 0.25) is 0 Å². The maximum Gasteiger partial charge on any atom is 0.319 e. The van der Waals surface area contributed by atoms with Crippen LogP contribution in [0.5, 0.6) is 23.0 Å². The molecule has 0 bridgehead atoms. The van der Waals surface area contributed by atoms with Crippen LogP contribution in [0.25, 0.3) is 0 Å². The number of carbonyl (C=O) groups is 1. The van der Waals surface area contributed by atoms with Gasteiger partial charge in [0.25, 0.3) is 0 Å². The van der Waals surface area contributed by atoms with Crippen molar-refractivity contribution in [2.75, 3.05) is 40.3 Å². The molecule has 0 unspecified atom stereocenters. The van der Waals surface area contributed by atoms with E-state index in [0.717, 1.165) is 11.1 Å². The average Bonchev–Trinajstić information content (AvgIpc) is 2.67. The average molecular weight is 374 g/mol. The van der Waals surface area contributed by atoms with Crippen molar-refractivity contribution >= 4 is 11.7 Å². The van der Waals surface area contributed by atoms with Crippen LogP contribution in [-0.2, 0) is 6.42 Å². The fraction of sp³-hybridized carbons (Fsp3) is 0.350. The van der Waals surface area contributed by atoms with Gasteiger partial charge in [-0.2, -0.15) is 0 Å². The Bertz CT molecular complexity index is 767. The summed E-state index contributed by atoms with van der Waals surface area (Å²) < 4.78 is 21.3. The number of nitrogens with one attached hydrogen (secondary N) is 2. The van der Waals surface area contributed by atoms with Crippen LogP contribution in [0.4, 0.5) is 10.5 Å². The second-order valence-electron chi connectivity index (χ2n) is 5.87. The lowest BCUT2D eigenvalue weighted by Crippen LogP contribution is -2.30. The van der Waals surface area contributed by atoms with Crippen molar-refractivity contribution in [3.8, 4) is 23.0 Å². The molecule has 0 saturated heterocycles. The van der Waals surface area contributed by atoms with Gasteiger partial charge in [0.05, 0.1) is 34.1 Å². The number of hydrogen-bond donors (Lipinski definition) is 2. The molecular formula is C20H26N2O5. The molecule has 7 nitrogen and oxygen atoms in total. The fourth-order valence-corrected chi connectivity index (χ4v) is 2.69. The minimum absolute atomic E-state index is 0.300. The highest BCUT2D eigenvalue weighted by Gasteiger charge is 2.13. The van der Waals surface area contributed by atoms with Crippen molar-refractivity contribution in [1.29, 1.82) is 0 Å². The highest BCUT2D eigenvalue weighted by molar-refractivity contribution is 5.91. The summed E-state index contributed by atoms with van der Waals surface area (Å²) >= 11 is 0. The van der Waals surface area contributed by atoms with Gasteiger partial charge in [-0.3, -0.25) is 0 Å². The Balaban J connectivity index is 1.98. The SMILES string of the molecule is COc1ccc(C)cc1NC(=O)NCCc1cc(OC)c(OC)c(OC)c1. The van der Waals surface area contributed by atoms with Gasteiger partial charge in [-0.25, -0.2) is 4.79 Å². The molecule has 2 amide bonds. The Morgan fingerprint density at radius 2 is 1.52 bits per heavy atom. The molecule has 2 N–H and O–H groups in total. The molecule has 0 aliphatic rings. The number of urea groups is 1. The molecule has 0 atom stereocenters. The standard InChI is InChI=1S/C20H26N2O5/c1-13-6-7-16(24-2)15(10-13)22-20(23)21-9-8-14-11-17(25-3)19(27-5)18(12-14)26-4/h6-7,10-12H,8-9H2,1-5H3,(H2,21,22,23). The molecule has 0 aliphatic heterocycles. The molecule has 2 aromatic carbocycles. The number of amides is 2. The molecule has 0 radical (unpaired) electrons. The van der Waals surface area contributed by atoms with E-state index < -0.39 is 0 Å². The largest absolute Gasteiger partial charge is 0.495 e. The molecule has 7 heteroatoms. The quantitative estimate of drug-likeness (QED) is 0.741. The normalized spacial score (nSPS) is 10.1. The summed E-state index contributed by atoms with van der Waals surface area (Å²) in [6.07, 6.45) is 0.606. The maximum atomic E-state index is 12.2. The number of benzene rings is 2. The number of carbonyl (C=O) groups excluding carboxylic acids is 1. The van der Waals surface area contributed by atoms with Crippen LogP contribution in [0.1, 0.15) is 11.1 Å². The predicted molar refractivity (Wildman–Crippen MR) is 105 cm³/mol. The molecule has 27 heavy (non-hydrogen) atoms. The van der Waals surface area contributed by atoms with E-state index in [0.29, 0.717) is 41.7 Å². The number of methoxy groups -OCH3 is 4. The molecular weight excluding hydrogens is 348 g/mol. The van der Waals surface area contributed by atoms with Crippen LogP contribution in [0, 0.1) is 6.92 Å². The maximum absolute atomic E-state index is 12.2. The third-order valence-corrected chi connectivity index (χ3v) is 4.03. The van der Waals surface area contributed by atoms with Crippen molar-refractivity contribution in [3.05, 3.63) is 41.5 Å². The van der Waals surface area contributed by atoms with Gasteiger partial charge in [-0.05, 0) is 48.7 Å². The lowest BCUT2D eigenvalue weighted by Gasteiger charge is -2.15. The van der Waals surface area contributed by atoms with E-state index >= 15 is 0 Å². The Morgan fingerprint density at radius 1 is 0.889 bits per heavy atom. The third-order valence-electron chi connectivity index (χ3n) is 4.03. The second-order valence-corrected chi connectivity index (χ2v) is 5.87. The highest BCUT2D eigenvalue weighted by atomic mass is 16.5. The van der Waals surface area contributed by atoms with Crippen molar-refractivity contribution in [1.82, 2.24) is 5.32 Å². The fourth-order valence-electron chi connectivity index (χ4n) is 2.69. The number of hydrogen-bond acceptors (Lipinski definition) is 5. The van der Waals surface area contributed by atoms with Crippen molar-refractivity contribution in [2.45, 2.75) is 13.3 Å². The van der Waals surface area contributed by atoms with Crippen LogP contribution in [-0.4, -0.2) is 41.0 Å². The van der Waals surface area contributed by atoms with Crippen LogP contribution < -0.4 is 29.6 Å². The van der Waals surface area contributed by atoms with E-state index in [2.05, 4.69) is 10.6 Å². The van der Waals surface area contributed by atoms with E-state index in [1.807, 2.05) is 37.3 Å². The van der Waals surface area contributed by atoms with E-state index in [-0.39, 0.29) is 6.03 Å². The summed E-state index contributed by atoms with van der Waals surface area (Å²) in [7, 11) is 6.27. The van der Waals surface area contributed by atoms with Gasteiger partial charge in [0, 0.05) is 6.54 Å². The van der Waals surface area contributed by atoms with E-state index in [4.69, 9.17) is 18.9 Å². The topological polar surface area (TPSA) is 78.1 Å². The summed E-state index contributed by atoms with van der Waals surface area (Å²) in [5, 5.41) is 5.64. The monoisotopic (exact) mass is 374 g/mol. The molecule has 0 aliphatic carbocycles. The Morgan fingerprint density at radius 3 is 2.07 bits per heavy atom. The predicted octanol–water partition coefficient (Wildman–Crippen LogP) is 3.39. The zero-order chi connectivity index (χ0) is 19.8. The Labute approximate surface area is 159 Å². The summed E-state index contributed by atoms with van der Waals surface area (Å²) in [5.41, 5.74) is 2.62. The number of rotatable bonds is 8. The van der Waals surface area contributed by atoms with Gasteiger partial charge in [0.2, 0.25) is 5.75 Å². The first-order chi connectivity index (χ1) is 13.0. The molecule has 0 saturated carbocycles. The summed E-state index contributed by atoms with van der Waals surface area (Å²) in [4.78, 5) is 12.2. The number of anilines is 1. The smallest absolute Gasteiger partial charge is 0.319 e. The van der Waals surface area contributed by atoms with E-state index in [1.165, 1.54) is 0 Å².